The Morgan fingerprint density at radius 2 is 1.93 bits per heavy atom. The summed E-state index contributed by atoms with van der Waals surface area (Å²) in [6, 6.07) is 0. The Hall–Kier alpha value is -0.220. The van der Waals surface area contributed by atoms with Crippen LogP contribution in [0.25, 0.3) is 0 Å². The van der Waals surface area contributed by atoms with E-state index < -0.39 is 0 Å². The highest BCUT2D eigenvalue weighted by Crippen LogP contribution is 2.20. The SMILES string of the molecule is CC(CCO)SC(C)C(=O)NC(C)(C)C. The van der Waals surface area contributed by atoms with Crippen LogP contribution in [-0.4, -0.2) is 33.7 Å². The predicted octanol–water partition coefficient (Wildman–Crippen LogP) is 1.79. The van der Waals surface area contributed by atoms with Crippen LogP contribution in [0.15, 0.2) is 0 Å². The Morgan fingerprint density at radius 1 is 1.40 bits per heavy atom. The smallest absolute Gasteiger partial charge is 0.233 e. The molecule has 2 unspecified atom stereocenters. The van der Waals surface area contributed by atoms with Crippen molar-refractivity contribution in [2.45, 2.75) is 57.1 Å². The van der Waals surface area contributed by atoms with Crippen molar-refractivity contribution in [3.8, 4) is 0 Å². The van der Waals surface area contributed by atoms with E-state index in [-0.39, 0.29) is 23.3 Å². The van der Waals surface area contributed by atoms with E-state index in [2.05, 4.69) is 5.32 Å². The normalized spacial score (nSPS) is 15.9. The second-order valence-electron chi connectivity index (χ2n) is 4.84. The van der Waals surface area contributed by atoms with Crippen molar-refractivity contribution in [1.29, 1.82) is 0 Å². The van der Waals surface area contributed by atoms with E-state index in [9.17, 15) is 4.79 Å². The van der Waals surface area contributed by atoms with Gasteiger partial charge in [-0.05, 0) is 34.1 Å². The van der Waals surface area contributed by atoms with Gasteiger partial charge in [-0.15, -0.1) is 11.8 Å². The maximum absolute atomic E-state index is 11.7. The lowest BCUT2D eigenvalue weighted by molar-refractivity contribution is -0.121. The van der Waals surface area contributed by atoms with Crippen molar-refractivity contribution in [2.75, 3.05) is 6.61 Å². The van der Waals surface area contributed by atoms with Crippen molar-refractivity contribution in [3.63, 3.8) is 0 Å². The minimum absolute atomic E-state index is 0.0641. The molecule has 0 bridgehead atoms. The van der Waals surface area contributed by atoms with Crippen LogP contribution >= 0.6 is 11.8 Å². The van der Waals surface area contributed by atoms with Gasteiger partial charge in [0.25, 0.3) is 0 Å². The summed E-state index contributed by atoms with van der Waals surface area (Å²) >= 11 is 1.60. The Labute approximate surface area is 97.0 Å². The Kier molecular flexibility index (Phi) is 6.29. The molecule has 0 aromatic carbocycles. The molecule has 0 fully saturated rings. The van der Waals surface area contributed by atoms with E-state index in [4.69, 9.17) is 5.11 Å². The molecule has 0 saturated carbocycles. The topological polar surface area (TPSA) is 49.3 Å². The van der Waals surface area contributed by atoms with Crippen LogP contribution in [0.3, 0.4) is 0 Å². The summed E-state index contributed by atoms with van der Waals surface area (Å²) in [5.74, 6) is 0.0669. The van der Waals surface area contributed by atoms with Crippen LogP contribution in [0.5, 0.6) is 0 Å². The molecule has 1 amide bonds. The van der Waals surface area contributed by atoms with E-state index in [0.29, 0.717) is 5.25 Å². The summed E-state index contributed by atoms with van der Waals surface area (Å²) in [6.45, 7) is 10.0. The van der Waals surface area contributed by atoms with Crippen LogP contribution in [0.4, 0.5) is 0 Å². The Morgan fingerprint density at radius 3 is 2.33 bits per heavy atom. The highest BCUT2D eigenvalue weighted by molar-refractivity contribution is 8.01. The van der Waals surface area contributed by atoms with Gasteiger partial charge in [-0.2, -0.15) is 0 Å². The number of amides is 1. The van der Waals surface area contributed by atoms with Crippen LogP contribution in [0.1, 0.15) is 41.0 Å². The summed E-state index contributed by atoms with van der Waals surface area (Å²) in [7, 11) is 0. The third-order valence-corrected chi connectivity index (χ3v) is 3.16. The number of aliphatic hydroxyl groups excluding tert-OH is 1. The van der Waals surface area contributed by atoms with Crippen LogP contribution in [0, 0.1) is 0 Å². The molecule has 0 saturated heterocycles. The molecular weight excluding hydrogens is 210 g/mol. The molecular formula is C11H23NO2S. The summed E-state index contributed by atoms with van der Waals surface area (Å²) in [5.41, 5.74) is -0.174. The number of hydrogen-bond acceptors (Lipinski definition) is 3. The molecule has 0 aromatic heterocycles. The summed E-state index contributed by atoms with van der Waals surface area (Å²) < 4.78 is 0. The van der Waals surface area contributed by atoms with E-state index in [1.54, 1.807) is 11.8 Å². The van der Waals surface area contributed by atoms with Gasteiger partial charge in [-0.3, -0.25) is 4.79 Å². The first kappa shape index (κ1) is 14.8. The van der Waals surface area contributed by atoms with Gasteiger partial charge in [-0.25, -0.2) is 0 Å². The first-order valence-corrected chi connectivity index (χ1v) is 6.29. The fourth-order valence-electron chi connectivity index (χ4n) is 1.13. The van der Waals surface area contributed by atoms with Gasteiger partial charge in [0.15, 0.2) is 0 Å². The van der Waals surface area contributed by atoms with Gasteiger partial charge in [-0.1, -0.05) is 6.92 Å². The Bertz CT molecular complexity index is 201. The maximum atomic E-state index is 11.7. The van der Waals surface area contributed by atoms with Crippen molar-refractivity contribution in [3.05, 3.63) is 0 Å². The van der Waals surface area contributed by atoms with E-state index in [1.807, 2.05) is 34.6 Å². The fourth-order valence-corrected chi connectivity index (χ4v) is 2.25. The van der Waals surface area contributed by atoms with Gasteiger partial charge >= 0.3 is 0 Å². The highest BCUT2D eigenvalue weighted by atomic mass is 32.2. The standard InChI is InChI=1S/C11H23NO2S/c1-8(6-7-13)15-9(2)10(14)12-11(3,4)5/h8-9,13H,6-7H2,1-5H3,(H,12,14). The van der Waals surface area contributed by atoms with E-state index in [1.165, 1.54) is 0 Å². The van der Waals surface area contributed by atoms with Gasteiger partial charge in [0.05, 0.1) is 5.25 Å². The van der Waals surface area contributed by atoms with Gasteiger partial charge in [0.1, 0.15) is 0 Å². The number of rotatable bonds is 5. The quantitative estimate of drug-likeness (QED) is 0.761. The van der Waals surface area contributed by atoms with Crippen molar-refractivity contribution >= 4 is 17.7 Å². The number of hydrogen-bond donors (Lipinski definition) is 2. The summed E-state index contributed by atoms with van der Waals surface area (Å²) in [6.07, 6.45) is 0.734. The zero-order valence-corrected chi connectivity index (χ0v) is 11.1. The zero-order chi connectivity index (χ0) is 12.1. The van der Waals surface area contributed by atoms with Crippen LogP contribution < -0.4 is 5.32 Å². The minimum atomic E-state index is -0.174. The third-order valence-electron chi connectivity index (χ3n) is 1.84. The number of carbonyl (C=O) groups excluding carboxylic acids is 1. The molecule has 90 valence electrons. The van der Waals surface area contributed by atoms with Crippen molar-refractivity contribution in [1.82, 2.24) is 5.32 Å². The van der Waals surface area contributed by atoms with Gasteiger partial charge < -0.3 is 10.4 Å². The largest absolute Gasteiger partial charge is 0.396 e. The Balaban J connectivity index is 3.99. The minimum Gasteiger partial charge on any atom is -0.396 e. The number of nitrogens with one attached hydrogen (secondary N) is 1. The molecule has 0 aliphatic rings. The molecule has 4 heteroatoms. The molecule has 0 aromatic rings. The average Bonchev–Trinajstić information content (AvgIpc) is 2.00. The molecule has 0 heterocycles. The first-order chi connectivity index (χ1) is 6.76. The van der Waals surface area contributed by atoms with Crippen molar-refractivity contribution in [2.24, 2.45) is 0 Å². The molecule has 0 aliphatic carbocycles. The second-order valence-corrected chi connectivity index (χ2v) is 6.62. The number of carbonyl (C=O) groups is 1. The number of aliphatic hydroxyl groups is 1. The van der Waals surface area contributed by atoms with Gasteiger partial charge in [0, 0.05) is 17.4 Å². The zero-order valence-electron chi connectivity index (χ0n) is 10.3. The van der Waals surface area contributed by atoms with E-state index in [0.717, 1.165) is 6.42 Å². The van der Waals surface area contributed by atoms with Crippen LogP contribution in [-0.2, 0) is 4.79 Å². The molecule has 3 nitrogen and oxygen atoms in total. The molecule has 15 heavy (non-hydrogen) atoms. The molecule has 0 aliphatic heterocycles. The highest BCUT2D eigenvalue weighted by Gasteiger charge is 2.21. The summed E-state index contributed by atoms with van der Waals surface area (Å²) in [4.78, 5) is 11.7. The molecule has 2 N–H and O–H groups in total. The van der Waals surface area contributed by atoms with Crippen LogP contribution in [0.2, 0.25) is 0 Å². The van der Waals surface area contributed by atoms with Gasteiger partial charge in [0.2, 0.25) is 5.91 Å². The number of thioether (sulfide) groups is 1. The first-order valence-electron chi connectivity index (χ1n) is 5.34. The second kappa shape index (κ2) is 6.38. The monoisotopic (exact) mass is 233 g/mol. The molecule has 2 atom stereocenters. The third kappa shape index (κ3) is 7.68. The molecule has 0 radical (unpaired) electrons. The lowest BCUT2D eigenvalue weighted by atomic mass is 10.1. The fraction of sp³-hybridized carbons (Fsp3) is 0.909. The lowest BCUT2D eigenvalue weighted by Gasteiger charge is -2.24. The molecule has 0 spiro atoms. The summed E-state index contributed by atoms with van der Waals surface area (Å²) in [5, 5.41) is 12.0. The van der Waals surface area contributed by atoms with E-state index >= 15 is 0 Å². The lowest BCUT2D eigenvalue weighted by Crippen LogP contribution is -2.44. The maximum Gasteiger partial charge on any atom is 0.233 e. The predicted molar refractivity (Wildman–Crippen MR) is 66.1 cm³/mol. The molecule has 0 rings (SSSR count). The average molecular weight is 233 g/mol. The van der Waals surface area contributed by atoms with Crippen molar-refractivity contribution < 1.29 is 9.90 Å².